The van der Waals surface area contributed by atoms with E-state index in [1.165, 1.54) is 66.4 Å². The number of hydrogen-bond donors (Lipinski definition) is 0. The van der Waals surface area contributed by atoms with Crippen molar-refractivity contribution >= 4 is 21.8 Å². The minimum absolute atomic E-state index is 0.0386. The maximum Gasteiger partial charge on any atom is 0.164 e. The summed E-state index contributed by atoms with van der Waals surface area (Å²) in [5.41, 5.74) is 21.0. The molecule has 0 unspecified atom stereocenters. The summed E-state index contributed by atoms with van der Waals surface area (Å²) in [6.45, 7) is 4.68. The van der Waals surface area contributed by atoms with E-state index in [0.29, 0.717) is 17.5 Å². The van der Waals surface area contributed by atoms with Crippen LogP contribution in [0.4, 0.5) is 0 Å². The molecule has 0 amide bonds. The van der Waals surface area contributed by atoms with Crippen LogP contribution in [0.25, 0.3) is 117 Å². The van der Waals surface area contributed by atoms with E-state index in [0.717, 1.165) is 44.5 Å². The number of rotatable bonds is 8. The molecule has 2 heterocycles. The molecule has 0 saturated heterocycles. The zero-order chi connectivity index (χ0) is 46.8. The summed E-state index contributed by atoms with van der Waals surface area (Å²) >= 11 is 0. The van der Waals surface area contributed by atoms with E-state index in [-0.39, 0.29) is 5.41 Å². The van der Waals surface area contributed by atoms with Gasteiger partial charge < -0.3 is 4.57 Å². The van der Waals surface area contributed by atoms with Gasteiger partial charge in [-0.05, 0) is 109 Å². The number of fused-ring (bicyclic) bond motifs is 6. The third kappa shape index (κ3) is 7.12. The van der Waals surface area contributed by atoms with Crippen molar-refractivity contribution in [3.05, 3.63) is 254 Å². The van der Waals surface area contributed by atoms with Crippen LogP contribution in [0.5, 0.6) is 0 Å². The monoisotopic (exact) mass is 894 g/mol. The van der Waals surface area contributed by atoms with Crippen LogP contribution in [0, 0.1) is 0 Å². The first kappa shape index (κ1) is 41.2. The minimum atomic E-state index is -0.0386. The second-order valence-corrected chi connectivity index (χ2v) is 18.8. The maximum absolute atomic E-state index is 5.13. The molecule has 0 bridgehead atoms. The molecule has 4 nitrogen and oxygen atoms in total. The Labute approximate surface area is 407 Å². The highest BCUT2D eigenvalue weighted by atomic mass is 15.0. The Bertz CT molecular complexity index is 3810. The van der Waals surface area contributed by atoms with Crippen LogP contribution in [0.1, 0.15) is 25.0 Å². The van der Waals surface area contributed by atoms with Crippen LogP contribution in [0.2, 0.25) is 0 Å². The highest BCUT2D eigenvalue weighted by Gasteiger charge is 2.35. The number of aromatic nitrogens is 4. The third-order valence-electron chi connectivity index (χ3n) is 14.3. The molecule has 330 valence electrons. The number of nitrogens with zero attached hydrogens (tertiary/aromatic N) is 4. The molecule has 1 aliphatic rings. The Morgan fingerprint density at radius 3 is 1.24 bits per heavy atom. The first-order valence-corrected chi connectivity index (χ1v) is 24.0. The number of para-hydroxylation sites is 1. The molecule has 0 atom stereocenters. The molecule has 12 aromatic rings. The van der Waals surface area contributed by atoms with E-state index in [4.69, 9.17) is 15.0 Å². The molecule has 10 aromatic carbocycles. The molecule has 0 aliphatic heterocycles. The summed E-state index contributed by atoms with van der Waals surface area (Å²) in [5.74, 6) is 1.87. The summed E-state index contributed by atoms with van der Waals surface area (Å²) < 4.78 is 2.38. The number of hydrogen-bond acceptors (Lipinski definition) is 3. The van der Waals surface area contributed by atoms with Crippen molar-refractivity contribution in [2.75, 3.05) is 0 Å². The van der Waals surface area contributed by atoms with E-state index < -0.39 is 0 Å². The second-order valence-electron chi connectivity index (χ2n) is 18.8. The van der Waals surface area contributed by atoms with Crippen LogP contribution in [-0.4, -0.2) is 19.5 Å². The van der Waals surface area contributed by atoms with Crippen LogP contribution >= 0.6 is 0 Å². The van der Waals surface area contributed by atoms with Crippen molar-refractivity contribution in [3.63, 3.8) is 0 Å². The molecule has 0 saturated carbocycles. The largest absolute Gasteiger partial charge is 0.309 e. The molecule has 0 fully saturated rings. The summed E-state index contributed by atoms with van der Waals surface area (Å²) in [6.07, 6.45) is 0. The van der Waals surface area contributed by atoms with Gasteiger partial charge in [0.25, 0.3) is 0 Å². The highest BCUT2D eigenvalue weighted by Crippen LogP contribution is 2.49. The lowest BCUT2D eigenvalue weighted by atomic mass is 9.81. The topological polar surface area (TPSA) is 43.6 Å². The van der Waals surface area contributed by atoms with Gasteiger partial charge in [0.15, 0.2) is 17.5 Å². The Balaban J connectivity index is 0.851. The van der Waals surface area contributed by atoms with E-state index in [2.05, 4.69) is 249 Å². The SMILES string of the molecule is CC1(C)c2ccccc2-c2ccc(-c3ccc(-c4ccc5c6ccccc6n(-c6ccc(-c7nc(-c8ccc(-c9ccccc9)cc8)nc(-c8ccc(-c9ccccc9)cc8)n7)cc6)c5c4)cc3)cc21. The van der Waals surface area contributed by atoms with Crippen LogP contribution in [0.3, 0.4) is 0 Å². The van der Waals surface area contributed by atoms with Gasteiger partial charge in [-0.15, -0.1) is 0 Å². The molecule has 0 radical (unpaired) electrons. The fraction of sp³-hybridized carbons (Fsp3) is 0.0455. The zero-order valence-electron chi connectivity index (χ0n) is 38.9. The van der Waals surface area contributed by atoms with Gasteiger partial charge in [0, 0.05) is 38.6 Å². The van der Waals surface area contributed by atoms with Crippen molar-refractivity contribution < 1.29 is 0 Å². The fourth-order valence-electron chi connectivity index (χ4n) is 10.6. The van der Waals surface area contributed by atoms with Crippen LogP contribution in [0.15, 0.2) is 243 Å². The molecular weight excluding hydrogens is 849 g/mol. The molecular formula is C66H46N4. The zero-order valence-corrected chi connectivity index (χ0v) is 38.9. The van der Waals surface area contributed by atoms with Gasteiger partial charge >= 0.3 is 0 Å². The predicted molar refractivity (Wildman–Crippen MR) is 290 cm³/mol. The van der Waals surface area contributed by atoms with Gasteiger partial charge in [0.2, 0.25) is 0 Å². The lowest BCUT2D eigenvalue weighted by Gasteiger charge is -2.22. The molecule has 0 N–H and O–H groups in total. The molecule has 13 rings (SSSR count). The lowest BCUT2D eigenvalue weighted by Crippen LogP contribution is -2.14. The van der Waals surface area contributed by atoms with Crippen LogP contribution < -0.4 is 0 Å². The first-order chi connectivity index (χ1) is 34.4. The summed E-state index contributed by atoms with van der Waals surface area (Å²) in [4.78, 5) is 15.3. The van der Waals surface area contributed by atoms with Gasteiger partial charge in [-0.1, -0.05) is 214 Å². The quantitative estimate of drug-likeness (QED) is 0.153. The average Bonchev–Trinajstić information content (AvgIpc) is 3.88. The van der Waals surface area contributed by atoms with Crippen molar-refractivity contribution in [1.82, 2.24) is 19.5 Å². The first-order valence-electron chi connectivity index (χ1n) is 24.0. The third-order valence-corrected chi connectivity index (χ3v) is 14.3. The molecule has 2 aromatic heterocycles. The molecule has 4 heteroatoms. The Morgan fingerprint density at radius 1 is 0.286 bits per heavy atom. The second kappa shape index (κ2) is 16.7. The highest BCUT2D eigenvalue weighted by molar-refractivity contribution is 6.10. The minimum Gasteiger partial charge on any atom is -0.309 e. The molecule has 70 heavy (non-hydrogen) atoms. The van der Waals surface area contributed by atoms with Crippen molar-refractivity contribution in [1.29, 1.82) is 0 Å². The van der Waals surface area contributed by atoms with Gasteiger partial charge in [-0.25, -0.2) is 15.0 Å². The summed E-state index contributed by atoms with van der Waals surface area (Å²) in [5, 5.41) is 2.43. The Kier molecular flexibility index (Phi) is 9.81. The van der Waals surface area contributed by atoms with E-state index >= 15 is 0 Å². The maximum atomic E-state index is 5.13. The van der Waals surface area contributed by atoms with Gasteiger partial charge in [0.1, 0.15) is 0 Å². The summed E-state index contributed by atoms with van der Waals surface area (Å²) in [6, 6.07) is 86.9. The molecule has 0 spiro atoms. The van der Waals surface area contributed by atoms with E-state index in [1.807, 2.05) is 12.1 Å². The number of benzene rings is 10. The van der Waals surface area contributed by atoms with Gasteiger partial charge in [-0.3, -0.25) is 0 Å². The smallest absolute Gasteiger partial charge is 0.164 e. The van der Waals surface area contributed by atoms with Crippen molar-refractivity contribution in [3.8, 4) is 95.5 Å². The van der Waals surface area contributed by atoms with Gasteiger partial charge in [0.05, 0.1) is 11.0 Å². The Morgan fingerprint density at radius 2 is 0.671 bits per heavy atom. The van der Waals surface area contributed by atoms with E-state index in [9.17, 15) is 0 Å². The lowest BCUT2D eigenvalue weighted by molar-refractivity contribution is 0.660. The van der Waals surface area contributed by atoms with Gasteiger partial charge in [-0.2, -0.15) is 0 Å². The normalized spacial score (nSPS) is 12.5. The van der Waals surface area contributed by atoms with Crippen molar-refractivity contribution in [2.24, 2.45) is 0 Å². The van der Waals surface area contributed by atoms with E-state index in [1.54, 1.807) is 0 Å². The Hall–Kier alpha value is -8.99. The predicted octanol–water partition coefficient (Wildman–Crippen LogP) is 16.9. The fourth-order valence-corrected chi connectivity index (χ4v) is 10.6. The average molecular weight is 895 g/mol. The standard InChI is InChI=1S/C66H46N4/c1-66(2)59-19-11-9-17-55(59)56-39-35-52(41-60(56)66)47-21-23-48(24-22-47)53-36-40-58-57-18-10-12-20-61(57)70(62(58)42-53)54-37-33-51(34-38-54)65-68-63(49-29-25-45(26-30-49)43-13-5-3-6-14-43)67-64(69-65)50-31-27-46(28-32-50)44-15-7-4-8-16-44/h3-42H,1-2H3. The van der Waals surface area contributed by atoms with Crippen molar-refractivity contribution in [2.45, 2.75) is 19.3 Å². The van der Waals surface area contributed by atoms with Crippen LogP contribution in [-0.2, 0) is 5.41 Å². The summed E-state index contributed by atoms with van der Waals surface area (Å²) in [7, 11) is 0. The molecule has 1 aliphatic carbocycles.